The third kappa shape index (κ3) is 4.12. The minimum atomic E-state index is -0.362. The molecular formula is C22H17NO. The van der Waals surface area contributed by atoms with Gasteiger partial charge in [-0.05, 0) is 29.8 Å². The highest BCUT2D eigenvalue weighted by Gasteiger charge is 2.13. The summed E-state index contributed by atoms with van der Waals surface area (Å²) in [4.78, 5) is 12.5. The van der Waals surface area contributed by atoms with Crippen LogP contribution in [0.5, 0.6) is 0 Å². The van der Waals surface area contributed by atoms with Gasteiger partial charge in [-0.25, -0.2) is 0 Å². The largest absolute Gasteiger partial charge is 0.334 e. The molecule has 0 aliphatic rings. The van der Waals surface area contributed by atoms with Gasteiger partial charge in [-0.15, -0.1) is 0 Å². The lowest BCUT2D eigenvalue weighted by atomic mass is 10.1. The summed E-state index contributed by atoms with van der Waals surface area (Å²) in [5.41, 5.74) is 2.51. The number of hydrogen-bond donors (Lipinski definition) is 1. The second-order valence-corrected chi connectivity index (χ2v) is 5.32. The summed E-state index contributed by atoms with van der Waals surface area (Å²) < 4.78 is 0. The lowest BCUT2D eigenvalue weighted by Gasteiger charge is -2.13. The molecule has 0 bridgehead atoms. The van der Waals surface area contributed by atoms with E-state index in [1.165, 1.54) is 0 Å². The molecule has 0 radical (unpaired) electrons. The highest BCUT2D eigenvalue weighted by Crippen LogP contribution is 2.13. The van der Waals surface area contributed by atoms with Gasteiger partial charge in [0.2, 0.25) is 0 Å². The van der Waals surface area contributed by atoms with E-state index in [9.17, 15) is 4.79 Å². The Bertz CT molecular complexity index is 846. The number of amides is 1. The van der Waals surface area contributed by atoms with Crippen molar-refractivity contribution in [2.75, 3.05) is 0 Å². The fourth-order valence-corrected chi connectivity index (χ4v) is 2.33. The highest BCUT2D eigenvalue weighted by molar-refractivity contribution is 5.94. The van der Waals surface area contributed by atoms with Crippen molar-refractivity contribution >= 4 is 5.91 Å². The molecule has 116 valence electrons. The molecule has 24 heavy (non-hydrogen) atoms. The third-order valence-electron chi connectivity index (χ3n) is 3.58. The number of hydrogen-bond acceptors (Lipinski definition) is 1. The first-order valence-corrected chi connectivity index (χ1v) is 7.80. The molecule has 1 amide bonds. The lowest BCUT2D eigenvalue weighted by molar-refractivity contribution is 0.0945. The summed E-state index contributed by atoms with van der Waals surface area (Å²) in [5.74, 6) is 6.17. The van der Waals surface area contributed by atoms with E-state index in [1.807, 2.05) is 78.9 Å². The van der Waals surface area contributed by atoms with Crippen LogP contribution in [0.3, 0.4) is 0 Å². The maximum atomic E-state index is 12.5. The normalized spacial score (nSPS) is 11.0. The van der Waals surface area contributed by atoms with E-state index >= 15 is 0 Å². The molecule has 2 nitrogen and oxygen atoms in total. The van der Waals surface area contributed by atoms with Crippen LogP contribution in [0.2, 0.25) is 0 Å². The van der Waals surface area contributed by atoms with E-state index in [0.29, 0.717) is 5.56 Å². The van der Waals surface area contributed by atoms with Crippen LogP contribution in [0, 0.1) is 11.8 Å². The topological polar surface area (TPSA) is 29.1 Å². The Balaban J connectivity index is 1.86. The molecule has 0 unspecified atom stereocenters. The lowest BCUT2D eigenvalue weighted by Crippen LogP contribution is -2.27. The van der Waals surface area contributed by atoms with Crippen molar-refractivity contribution < 1.29 is 4.79 Å². The molecule has 2 heteroatoms. The van der Waals surface area contributed by atoms with Crippen LogP contribution in [-0.4, -0.2) is 5.91 Å². The molecule has 0 aromatic heterocycles. The maximum absolute atomic E-state index is 12.5. The van der Waals surface area contributed by atoms with Gasteiger partial charge < -0.3 is 5.32 Å². The van der Waals surface area contributed by atoms with Crippen LogP contribution in [0.1, 0.15) is 27.5 Å². The predicted molar refractivity (Wildman–Crippen MR) is 96.4 cm³/mol. The zero-order chi connectivity index (χ0) is 16.6. The first-order chi connectivity index (χ1) is 11.8. The monoisotopic (exact) mass is 311 g/mol. The van der Waals surface area contributed by atoms with Gasteiger partial charge >= 0.3 is 0 Å². The van der Waals surface area contributed by atoms with E-state index in [0.717, 1.165) is 11.1 Å². The van der Waals surface area contributed by atoms with Crippen molar-refractivity contribution in [1.29, 1.82) is 0 Å². The molecule has 0 heterocycles. The van der Waals surface area contributed by atoms with Crippen molar-refractivity contribution in [3.63, 3.8) is 0 Å². The first-order valence-electron chi connectivity index (χ1n) is 7.80. The van der Waals surface area contributed by atoms with Crippen molar-refractivity contribution in [2.24, 2.45) is 0 Å². The van der Waals surface area contributed by atoms with Crippen molar-refractivity contribution in [1.82, 2.24) is 5.32 Å². The van der Waals surface area contributed by atoms with Gasteiger partial charge in [-0.1, -0.05) is 78.6 Å². The second-order valence-electron chi connectivity index (χ2n) is 5.32. The molecule has 0 saturated carbocycles. The molecule has 3 aromatic rings. The Kier molecular flexibility index (Phi) is 5.07. The van der Waals surface area contributed by atoms with Crippen LogP contribution in [0.25, 0.3) is 0 Å². The molecule has 0 aliphatic heterocycles. The van der Waals surface area contributed by atoms with Crippen LogP contribution in [0.15, 0.2) is 91.0 Å². The predicted octanol–water partition coefficient (Wildman–Crippen LogP) is 4.21. The molecule has 0 spiro atoms. The SMILES string of the molecule is O=C(N[C@@H](C#Cc1ccccc1)c1ccccc1)c1ccccc1. The smallest absolute Gasteiger partial charge is 0.252 e. The van der Waals surface area contributed by atoms with Crippen LogP contribution in [0.4, 0.5) is 0 Å². The van der Waals surface area contributed by atoms with Crippen LogP contribution >= 0.6 is 0 Å². The molecule has 3 rings (SSSR count). The summed E-state index contributed by atoms with van der Waals surface area (Å²) in [5, 5.41) is 3.01. The van der Waals surface area contributed by atoms with E-state index in [-0.39, 0.29) is 11.9 Å². The quantitative estimate of drug-likeness (QED) is 0.721. The Morgan fingerprint density at radius 1 is 0.750 bits per heavy atom. The summed E-state index contributed by atoms with van der Waals surface area (Å²) in [7, 11) is 0. The Hall–Kier alpha value is -3.31. The first kappa shape index (κ1) is 15.6. The fraction of sp³-hybridized carbons (Fsp3) is 0.0455. The van der Waals surface area contributed by atoms with E-state index < -0.39 is 0 Å². The van der Waals surface area contributed by atoms with E-state index in [4.69, 9.17) is 0 Å². The molecular weight excluding hydrogens is 294 g/mol. The fourth-order valence-electron chi connectivity index (χ4n) is 2.33. The molecule has 1 atom stereocenters. The van der Waals surface area contributed by atoms with Crippen molar-refractivity contribution in [3.8, 4) is 11.8 Å². The van der Waals surface area contributed by atoms with Crippen LogP contribution < -0.4 is 5.32 Å². The minimum absolute atomic E-state index is 0.133. The van der Waals surface area contributed by atoms with E-state index in [2.05, 4.69) is 17.2 Å². The van der Waals surface area contributed by atoms with E-state index in [1.54, 1.807) is 12.1 Å². The number of carbonyl (C=O) groups excluding carboxylic acids is 1. The summed E-state index contributed by atoms with van der Waals surface area (Å²) in [6, 6.07) is 28.3. The third-order valence-corrected chi connectivity index (χ3v) is 3.58. The number of rotatable bonds is 3. The van der Waals surface area contributed by atoms with Gasteiger partial charge in [-0.2, -0.15) is 0 Å². The number of benzene rings is 3. The summed E-state index contributed by atoms with van der Waals surface area (Å²) in [6.07, 6.45) is 0. The Morgan fingerprint density at radius 3 is 1.92 bits per heavy atom. The van der Waals surface area contributed by atoms with Gasteiger partial charge in [0.05, 0.1) is 0 Å². The number of carbonyl (C=O) groups is 1. The Labute approximate surface area is 142 Å². The van der Waals surface area contributed by atoms with Gasteiger partial charge in [0.25, 0.3) is 5.91 Å². The zero-order valence-corrected chi connectivity index (χ0v) is 13.1. The second kappa shape index (κ2) is 7.80. The molecule has 0 aliphatic carbocycles. The molecule has 1 N–H and O–H groups in total. The molecule has 3 aromatic carbocycles. The van der Waals surface area contributed by atoms with Gasteiger partial charge in [0, 0.05) is 11.1 Å². The van der Waals surface area contributed by atoms with Gasteiger partial charge in [0.15, 0.2) is 0 Å². The van der Waals surface area contributed by atoms with Crippen molar-refractivity contribution in [2.45, 2.75) is 6.04 Å². The highest BCUT2D eigenvalue weighted by atomic mass is 16.1. The Morgan fingerprint density at radius 2 is 1.29 bits per heavy atom. The van der Waals surface area contributed by atoms with Crippen molar-refractivity contribution in [3.05, 3.63) is 108 Å². The average Bonchev–Trinajstić information content (AvgIpc) is 2.67. The average molecular weight is 311 g/mol. The van der Waals surface area contributed by atoms with Gasteiger partial charge in [0.1, 0.15) is 6.04 Å². The molecule has 0 saturated heterocycles. The standard InChI is InChI=1S/C22H17NO/c24-22(20-14-8-3-9-15-20)23-21(19-12-6-2-7-13-19)17-16-18-10-4-1-5-11-18/h1-15,21H,(H,23,24)/t21-/m0/s1. The molecule has 0 fully saturated rings. The number of nitrogens with one attached hydrogen (secondary N) is 1. The van der Waals surface area contributed by atoms with Crippen LogP contribution in [-0.2, 0) is 0 Å². The maximum Gasteiger partial charge on any atom is 0.252 e. The minimum Gasteiger partial charge on any atom is -0.334 e. The van der Waals surface area contributed by atoms with Gasteiger partial charge in [-0.3, -0.25) is 4.79 Å². The summed E-state index contributed by atoms with van der Waals surface area (Å²) in [6.45, 7) is 0. The summed E-state index contributed by atoms with van der Waals surface area (Å²) >= 11 is 0. The zero-order valence-electron chi connectivity index (χ0n) is 13.1.